The van der Waals surface area contributed by atoms with Crippen molar-refractivity contribution in [2.24, 2.45) is 0 Å². The molecule has 0 heterocycles. The number of ether oxygens (including phenoxy) is 2. The first kappa shape index (κ1) is 15.7. The number of hydrogen-bond acceptors (Lipinski definition) is 4. The fraction of sp³-hybridized carbons (Fsp3) is 0.235. The van der Waals surface area contributed by atoms with Gasteiger partial charge in [0.25, 0.3) is 0 Å². The smallest absolute Gasteiger partial charge is 0.243 e. The van der Waals surface area contributed by atoms with Crippen LogP contribution >= 0.6 is 0 Å². The number of hydrogen-bond donors (Lipinski definition) is 2. The van der Waals surface area contributed by atoms with Crippen LogP contribution < -0.4 is 20.1 Å². The van der Waals surface area contributed by atoms with Crippen molar-refractivity contribution in [3.05, 3.63) is 48.0 Å². The summed E-state index contributed by atoms with van der Waals surface area (Å²) in [5.74, 6) is 1.16. The van der Waals surface area contributed by atoms with E-state index in [0.717, 1.165) is 16.9 Å². The Labute approximate surface area is 130 Å². The van der Waals surface area contributed by atoms with Gasteiger partial charge in [-0.25, -0.2) is 0 Å². The molecule has 0 saturated carbocycles. The maximum atomic E-state index is 12.0. The molecule has 1 amide bonds. The first-order valence-electron chi connectivity index (χ1n) is 6.95. The van der Waals surface area contributed by atoms with Gasteiger partial charge in [0, 0.05) is 17.4 Å². The summed E-state index contributed by atoms with van der Waals surface area (Å²) in [5, 5.41) is 5.94. The minimum absolute atomic E-state index is 0.107. The molecule has 0 aliphatic carbocycles. The molecule has 2 aromatic carbocycles. The van der Waals surface area contributed by atoms with Crippen LogP contribution in [0.5, 0.6) is 11.5 Å². The molecule has 0 aliphatic rings. The molecule has 5 nitrogen and oxygen atoms in total. The van der Waals surface area contributed by atoms with E-state index < -0.39 is 0 Å². The van der Waals surface area contributed by atoms with Crippen molar-refractivity contribution in [1.29, 1.82) is 0 Å². The van der Waals surface area contributed by atoms with Crippen molar-refractivity contribution < 1.29 is 14.3 Å². The number of rotatable bonds is 6. The maximum absolute atomic E-state index is 12.0. The van der Waals surface area contributed by atoms with Crippen LogP contribution in [0.25, 0.3) is 0 Å². The largest absolute Gasteiger partial charge is 0.493 e. The van der Waals surface area contributed by atoms with Crippen molar-refractivity contribution in [3.8, 4) is 11.5 Å². The third-order valence-corrected chi connectivity index (χ3v) is 3.26. The summed E-state index contributed by atoms with van der Waals surface area (Å²) < 4.78 is 10.4. The normalized spacial score (nSPS) is 9.95. The van der Waals surface area contributed by atoms with Gasteiger partial charge in [-0.05, 0) is 30.7 Å². The zero-order chi connectivity index (χ0) is 15.9. The number of anilines is 2. The van der Waals surface area contributed by atoms with Crippen LogP contribution in [0.3, 0.4) is 0 Å². The Morgan fingerprint density at radius 3 is 2.45 bits per heavy atom. The molecule has 0 saturated heterocycles. The van der Waals surface area contributed by atoms with Gasteiger partial charge in [0.1, 0.15) is 0 Å². The van der Waals surface area contributed by atoms with E-state index in [-0.39, 0.29) is 12.5 Å². The monoisotopic (exact) mass is 300 g/mol. The zero-order valence-electron chi connectivity index (χ0n) is 13.0. The summed E-state index contributed by atoms with van der Waals surface area (Å²) >= 11 is 0. The lowest BCUT2D eigenvalue weighted by atomic mass is 10.2. The van der Waals surface area contributed by atoms with Crippen LogP contribution in [0.15, 0.2) is 42.5 Å². The van der Waals surface area contributed by atoms with E-state index in [1.54, 1.807) is 26.4 Å². The van der Waals surface area contributed by atoms with Crippen LogP contribution in [0, 0.1) is 6.92 Å². The standard InChI is InChI=1S/C17H20N2O3/c1-12-6-4-5-7-14(12)19-17(20)11-18-13-8-9-15(21-2)16(10-13)22-3/h4-10,18H,11H2,1-3H3,(H,19,20). The Kier molecular flexibility index (Phi) is 5.25. The van der Waals surface area contributed by atoms with Gasteiger partial charge >= 0.3 is 0 Å². The molecular formula is C17H20N2O3. The van der Waals surface area contributed by atoms with Crippen molar-refractivity contribution >= 4 is 17.3 Å². The minimum Gasteiger partial charge on any atom is -0.493 e. The molecule has 0 fully saturated rings. The van der Waals surface area contributed by atoms with E-state index in [9.17, 15) is 4.79 Å². The van der Waals surface area contributed by atoms with Crippen molar-refractivity contribution in [2.75, 3.05) is 31.4 Å². The third-order valence-electron chi connectivity index (χ3n) is 3.26. The maximum Gasteiger partial charge on any atom is 0.243 e. The second kappa shape index (κ2) is 7.36. The van der Waals surface area contributed by atoms with Crippen LogP contribution in [0.4, 0.5) is 11.4 Å². The molecule has 0 atom stereocenters. The number of nitrogens with one attached hydrogen (secondary N) is 2. The summed E-state index contributed by atoms with van der Waals surface area (Å²) in [4.78, 5) is 12.0. The van der Waals surface area contributed by atoms with Crippen LogP contribution in [-0.2, 0) is 4.79 Å². The zero-order valence-corrected chi connectivity index (χ0v) is 13.0. The van der Waals surface area contributed by atoms with E-state index in [1.807, 2.05) is 37.3 Å². The summed E-state index contributed by atoms with van der Waals surface area (Å²) in [6.07, 6.45) is 0. The van der Waals surface area contributed by atoms with Crippen LogP contribution in [0.1, 0.15) is 5.56 Å². The summed E-state index contributed by atoms with van der Waals surface area (Å²) in [6.45, 7) is 2.13. The van der Waals surface area contributed by atoms with E-state index in [0.29, 0.717) is 11.5 Å². The number of amides is 1. The second-order valence-corrected chi connectivity index (χ2v) is 4.79. The van der Waals surface area contributed by atoms with E-state index in [1.165, 1.54) is 0 Å². The minimum atomic E-state index is -0.107. The van der Waals surface area contributed by atoms with Crippen molar-refractivity contribution in [3.63, 3.8) is 0 Å². The average molecular weight is 300 g/mol. The summed E-state index contributed by atoms with van der Waals surface area (Å²) in [5.41, 5.74) is 2.64. The fourth-order valence-electron chi connectivity index (χ4n) is 2.04. The SMILES string of the molecule is COc1ccc(NCC(=O)Nc2ccccc2C)cc1OC. The lowest BCUT2D eigenvalue weighted by Gasteiger charge is -2.12. The molecule has 5 heteroatoms. The molecule has 116 valence electrons. The molecule has 2 aromatic rings. The van der Waals surface area contributed by atoms with Gasteiger partial charge in [-0.2, -0.15) is 0 Å². The molecule has 0 spiro atoms. The predicted octanol–water partition coefficient (Wildman–Crippen LogP) is 3.06. The van der Waals surface area contributed by atoms with Crippen LogP contribution in [-0.4, -0.2) is 26.7 Å². The molecule has 0 aliphatic heterocycles. The number of benzene rings is 2. The Morgan fingerprint density at radius 2 is 1.77 bits per heavy atom. The van der Waals surface area contributed by atoms with E-state index in [4.69, 9.17) is 9.47 Å². The molecule has 0 aromatic heterocycles. The highest BCUT2D eigenvalue weighted by Gasteiger charge is 2.07. The number of para-hydroxylation sites is 1. The molecule has 0 radical (unpaired) electrons. The Morgan fingerprint density at radius 1 is 1.05 bits per heavy atom. The molecule has 0 bridgehead atoms. The molecule has 2 rings (SSSR count). The van der Waals surface area contributed by atoms with Crippen molar-refractivity contribution in [2.45, 2.75) is 6.92 Å². The third kappa shape index (κ3) is 3.91. The van der Waals surface area contributed by atoms with E-state index >= 15 is 0 Å². The number of aryl methyl sites for hydroxylation is 1. The van der Waals surface area contributed by atoms with Gasteiger partial charge in [0.15, 0.2) is 11.5 Å². The summed E-state index contributed by atoms with van der Waals surface area (Å²) in [6, 6.07) is 13.1. The van der Waals surface area contributed by atoms with Gasteiger partial charge < -0.3 is 20.1 Å². The van der Waals surface area contributed by atoms with E-state index in [2.05, 4.69) is 10.6 Å². The first-order chi connectivity index (χ1) is 10.6. The van der Waals surface area contributed by atoms with Gasteiger partial charge in [0.05, 0.1) is 20.8 Å². The lowest BCUT2D eigenvalue weighted by molar-refractivity contribution is -0.114. The highest BCUT2D eigenvalue weighted by molar-refractivity contribution is 5.94. The molecule has 0 unspecified atom stereocenters. The molecule has 2 N–H and O–H groups in total. The lowest BCUT2D eigenvalue weighted by Crippen LogP contribution is -2.22. The quantitative estimate of drug-likeness (QED) is 0.861. The number of methoxy groups -OCH3 is 2. The van der Waals surface area contributed by atoms with Crippen molar-refractivity contribution in [1.82, 2.24) is 0 Å². The van der Waals surface area contributed by atoms with Gasteiger partial charge in [0.2, 0.25) is 5.91 Å². The Bertz CT molecular complexity index is 656. The molecule has 22 heavy (non-hydrogen) atoms. The van der Waals surface area contributed by atoms with Gasteiger partial charge in [-0.3, -0.25) is 4.79 Å². The van der Waals surface area contributed by atoms with Crippen LogP contribution in [0.2, 0.25) is 0 Å². The van der Waals surface area contributed by atoms with Gasteiger partial charge in [-0.1, -0.05) is 18.2 Å². The highest BCUT2D eigenvalue weighted by Crippen LogP contribution is 2.29. The first-order valence-corrected chi connectivity index (χ1v) is 6.95. The number of carbonyl (C=O) groups excluding carboxylic acids is 1. The topological polar surface area (TPSA) is 59.6 Å². The predicted molar refractivity (Wildman–Crippen MR) is 87.8 cm³/mol. The highest BCUT2D eigenvalue weighted by atomic mass is 16.5. The Hall–Kier alpha value is -2.69. The number of carbonyl (C=O) groups is 1. The fourth-order valence-corrected chi connectivity index (χ4v) is 2.04. The molecular weight excluding hydrogens is 280 g/mol. The summed E-state index contributed by atoms with van der Waals surface area (Å²) in [7, 11) is 3.16. The second-order valence-electron chi connectivity index (χ2n) is 4.79. The Balaban J connectivity index is 1.95. The van der Waals surface area contributed by atoms with Gasteiger partial charge in [-0.15, -0.1) is 0 Å². The average Bonchev–Trinajstić information content (AvgIpc) is 2.54.